The van der Waals surface area contributed by atoms with Crippen molar-refractivity contribution < 1.29 is 22.5 Å². The Hall–Kier alpha value is -2.50. The second kappa shape index (κ2) is 8.89. The van der Waals surface area contributed by atoms with Gasteiger partial charge >= 0.3 is 0 Å². The Labute approximate surface area is 171 Å². The van der Waals surface area contributed by atoms with Crippen LogP contribution in [0.15, 0.2) is 58.3 Å². The summed E-state index contributed by atoms with van der Waals surface area (Å²) < 4.78 is 39.7. The van der Waals surface area contributed by atoms with E-state index in [9.17, 15) is 27.7 Å². The molecule has 0 saturated carbocycles. The molecule has 0 radical (unpaired) electrons. The van der Waals surface area contributed by atoms with Crippen LogP contribution < -0.4 is 0 Å². The number of hydrogen-bond donors (Lipinski definition) is 0. The SMILES string of the molecule is O=C(CSc1ccc(F)cc1)N1CCN(S(=O)(=O)c2ccccc2[N+](=O)[O-])CC1. The molecule has 0 bridgehead atoms. The van der Waals surface area contributed by atoms with Gasteiger partial charge in [0.2, 0.25) is 15.9 Å². The number of carbonyl (C=O) groups is 1. The van der Waals surface area contributed by atoms with Crippen molar-refractivity contribution in [3.8, 4) is 0 Å². The normalized spacial score (nSPS) is 15.3. The first-order valence-electron chi connectivity index (χ1n) is 8.69. The monoisotopic (exact) mass is 439 g/mol. The van der Waals surface area contributed by atoms with Crippen molar-refractivity contribution in [2.24, 2.45) is 0 Å². The number of hydrogen-bond acceptors (Lipinski definition) is 6. The van der Waals surface area contributed by atoms with Gasteiger partial charge in [-0.25, -0.2) is 12.8 Å². The van der Waals surface area contributed by atoms with Crippen LogP contribution in [0.25, 0.3) is 0 Å². The summed E-state index contributed by atoms with van der Waals surface area (Å²) in [6, 6.07) is 11.0. The summed E-state index contributed by atoms with van der Waals surface area (Å²) in [4.78, 5) is 24.8. The third-order valence-electron chi connectivity index (χ3n) is 4.45. The largest absolute Gasteiger partial charge is 0.339 e. The van der Waals surface area contributed by atoms with Gasteiger partial charge in [-0.3, -0.25) is 14.9 Å². The van der Waals surface area contributed by atoms with Gasteiger partial charge in [0.25, 0.3) is 5.69 Å². The summed E-state index contributed by atoms with van der Waals surface area (Å²) in [6.45, 7) is 0.508. The Kier molecular flexibility index (Phi) is 6.50. The lowest BCUT2D eigenvalue weighted by molar-refractivity contribution is -0.387. The molecule has 3 rings (SSSR count). The van der Waals surface area contributed by atoms with Gasteiger partial charge in [0.1, 0.15) is 5.82 Å². The van der Waals surface area contributed by atoms with Crippen LogP contribution >= 0.6 is 11.8 Å². The number of rotatable bonds is 6. The lowest BCUT2D eigenvalue weighted by Gasteiger charge is -2.33. The molecule has 0 N–H and O–H groups in total. The number of carbonyl (C=O) groups excluding carboxylic acids is 1. The fourth-order valence-electron chi connectivity index (χ4n) is 2.91. The molecule has 0 unspecified atom stereocenters. The highest BCUT2D eigenvalue weighted by Gasteiger charge is 2.34. The van der Waals surface area contributed by atoms with Crippen molar-refractivity contribution in [3.63, 3.8) is 0 Å². The average Bonchev–Trinajstić information content (AvgIpc) is 2.73. The maximum atomic E-state index is 12.9. The number of para-hydroxylation sites is 1. The summed E-state index contributed by atoms with van der Waals surface area (Å²) in [5.74, 6) is -0.346. The number of sulfonamides is 1. The van der Waals surface area contributed by atoms with Gasteiger partial charge in [-0.15, -0.1) is 11.8 Å². The van der Waals surface area contributed by atoms with Crippen LogP contribution in [-0.2, 0) is 14.8 Å². The van der Waals surface area contributed by atoms with E-state index in [1.807, 2.05) is 0 Å². The first-order chi connectivity index (χ1) is 13.8. The molecule has 1 aliphatic heterocycles. The first-order valence-corrected chi connectivity index (χ1v) is 11.1. The second-order valence-corrected chi connectivity index (χ2v) is 9.21. The van der Waals surface area contributed by atoms with E-state index in [2.05, 4.69) is 0 Å². The minimum atomic E-state index is -4.03. The van der Waals surface area contributed by atoms with Gasteiger partial charge in [0, 0.05) is 37.1 Å². The molecule has 0 aliphatic carbocycles. The van der Waals surface area contributed by atoms with Crippen LogP contribution in [-0.4, -0.2) is 60.4 Å². The standard InChI is InChI=1S/C18H18FN3O5S2/c19-14-5-7-15(8-6-14)28-13-18(23)20-9-11-21(12-10-20)29(26,27)17-4-2-1-3-16(17)22(24)25/h1-8H,9-13H2. The number of thioether (sulfide) groups is 1. The minimum Gasteiger partial charge on any atom is -0.339 e. The number of piperazine rings is 1. The molecule has 1 aliphatic rings. The number of nitro benzene ring substituents is 1. The Bertz CT molecular complexity index is 1010. The molecule has 8 nitrogen and oxygen atoms in total. The number of amides is 1. The molecule has 1 amide bonds. The average molecular weight is 439 g/mol. The Balaban J connectivity index is 1.60. The van der Waals surface area contributed by atoms with Crippen molar-refractivity contribution in [3.05, 3.63) is 64.5 Å². The van der Waals surface area contributed by atoms with E-state index in [4.69, 9.17) is 0 Å². The third-order valence-corrected chi connectivity index (χ3v) is 7.39. The summed E-state index contributed by atoms with van der Waals surface area (Å²) in [5, 5.41) is 11.1. The van der Waals surface area contributed by atoms with Crippen LogP contribution in [0.5, 0.6) is 0 Å². The molecule has 154 valence electrons. The van der Waals surface area contributed by atoms with Crippen LogP contribution in [0.3, 0.4) is 0 Å². The maximum Gasteiger partial charge on any atom is 0.289 e. The molecule has 2 aromatic carbocycles. The van der Waals surface area contributed by atoms with Crippen molar-refractivity contribution in [2.45, 2.75) is 9.79 Å². The van der Waals surface area contributed by atoms with Gasteiger partial charge in [0.05, 0.1) is 10.7 Å². The molecule has 2 aromatic rings. The third kappa shape index (κ3) is 4.92. The molecule has 29 heavy (non-hydrogen) atoms. The predicted octanol–water partition coefficient (Wildman–Crippen LogP) is 2.36. The van der Waals surface area contributed by atoms with Gasteiger partial charge < -0.3 is 4.90 Å². The molecular weight excluding hydrogens is 421 g/mol. The molecular formula is C18H18FN3O5S2. The van der Waals surface area contributed by atoms with Crippen molar-refractivity contribution in [1.29, 1.82) is 0 Å². The smallest absolute Gasteiger partial charge is 0.289 e. The number of nitrogens with zero attached hydrogens (tertiary/aromatic N) is 3. The number of halogens is 1. The molecule has 1 heterocycles. The molecule has 1 fully saturated rings. The van der Waals surface area contributed by atoms with Gasteiger partial charge in [0.15, 0.2) is 4.90 Å². The van der Waals surface area contributed by atoms with Crippen molar-refractivity contribution in [2.75, 3.05) is 31.9 Å². The quantitative estimate of drug-likeness (QED) is 0.389. The van der Waals surface area contributed by atoms with Crippen LogP contribution in [0.1, 0.15) is 0 Å². The lowest BCUT2D eigenvalue weighted by Crippen LogP contribution is -2.51. The van der Waals surface area contributed by atoms with E-state index in [1.54, 1.807) is 17.0 Å². The minimum absolute atomic E-state index is 0.0569. The zero-order valence-corrected chi connectivity index (χ0v) is 16.9. The van der Waals surface area contributed by atoms with Gasteiger partial charge in [-0.05, 0) is 30.3 Å². The summed E-state index contributed by atoms with van der Waals surface area (Å²) in [7, 11) is -4.03. The van der Waals surface area contributed by atoms with Crippen LogP contribution in [0, 0.1) is 15.9 Å². The van der Waals surface area contributed by atoms with Crippen molar-refractivity contribution >= 4 is 33.4 Å². The summed E-state index contributed by atoms with van der Waals surface area (Å²) in [5.41, 5.74) is -0.471. The number of benzene rings is 2. The van der Waals surface area contributed by atoms with Crippen LogP contribution in [0.4, 0.5) is 10.1 Å². The molecule has 0 aromatic heterocycles. The highest BCUT2D eigenvalue weighted by atomic mass is 32.2. The summed E-state index contributed by atoms with van der Waals surface area (Å²) in [6.07, 6.45) is 0. The van der Waals surface area contributed by atoms with E-state index in [-0.39, 0.29) is 48.6 Å². The highest BCUT2D eigenvalue weighted by Crippen LogP contribution is 2.27. The Morgan fingerprint density at radius 2 is 1.69 bits per heavy atom. The van der Waals surface area contributed by atoms with E-state index in [0.717, 1.165) is 15.3 Å². The highest BCUT2D eigenvalue weighted by molar-refractivity contribution is 8.00. The van der Waals surface area contributed by atoms with E-state index >= 15 is 0 Å². The van der Waals surface area contributed by atoms with Crippen LogP contribution in [0.2, 0.25) is 0 Å². The molecule has 0 spiro atoms. The Morgan fingerprint density at radius 3 is 2.31 bits per heavy atom. The fraction of sp³-hybridized carbons (Fsp3) is 0.278. The predicted molar refractivity (Wildman–Crippen MR) is 106 cm³/mol. The maximum absolute atomic E-state index is 12.9. The van der Waals surface area contributed by atoms with E-state index in [1.165, 1.54) is 42.1 Å². The van der Waals surface area contributed by atoms with Crippen molar-refractivity contribution in [1.82, 2.24) is 9.21 Å². The fourth-order valence-corrected chi connectivity index (χ4v) is 5.29. The zero-order valence-electron chi connectivity index (χ0n) is 15.2. The topological polar surface area (TPSA) is 101 Å². The van der Waals surface area contributed by atoms with E-state index < -0.39 is 20.6 Å². The van der Waals surface area contributed by atoms with E-state index in [0.29, 0.717) is 0 Å². The second-order valence-electron chi connectivity index (χ2n) is 6.25. The molecule has 0 atom stereocenters. The van der Waals surface area contributed by atoms with Gasteiger partial charge in [-0.1, -0.05) is 12.1 Å². The Morgan fingerprint density at radius 1 is 1.07 bits per heavy atom. The lowest BCUT2D eigenvalue weighted by atomic mass is 10.3. The summed E-state index contributed by atoms with van der Waals surface area (Å²) >= 11 is 1.27. The molecule has 1 saturated heterocycles. The zero-order chi connectivity index (χ0) is 21.0. The number of nitro groups is 1. The van der Waals surface area contributed by atoms with Gasteiger partial charge in [-0.2, -0.15) is 4.31 Å². The first kappa shape index (κ1) is 21.2. The molecule has 11 heteroatoms.